The molecule has 5 heteroatoms. The molecule has 5 nitrogen and oxygen atoms in total. The Bertz CT molecular complexity index is 548. The molecule has 1 N–H and O–H groups in total. The molecule has 1 spiro atoms. The number of nitrogens with zero attached hydrogens (tertiary/aromatic N) is 2. The van der Waals surface area contributed by atoms with Gasteiger partial charge < -0.3 is 10.2 Å². The van der Waals surface area contributed by atoms with Gasteiger partial charge in [0, 0.05) is 38.4 Å². The molecule has 0 saturated carbocycles. The molecule has 2 aliphatic heterocycles. The van der Waals surface area contributed by atoms with E-state index in [1.807, 2.05) is 17.9 Å². The van der Waals surface area contributed by atoms with Crippen LogP contribution in [0.4, 0.5) is 0 Å². The first-order valence-electron chi connectivity index (χ1n) is 7.06. The van der Waals surface area contributed by atoms with Crippen LogP contribution in [0.15, 0.2) is 18.5 Å². The average molecular weight is 273 g/mol. The summed E-state index contributed by atoms with van der Waals surface area (Å²) in [7, 11) is 0. The first-order chi connectivity index (χ1) is 9.58. The van der Waals surface area contributed by atoms with Crippen LogP contribution in [0.1, 0.15) is 35.2 Å². The van der Waals surface area contributed by atoms with E-state index in [2.05, 4.69) is 10.3 Å². The quantitative estimate of drug-likeness (QED) is 0.834. The van der Waals surface area contributed by atoms with E-state index < -0.39 is 0 Å². The highest BCUT2D eigenvalue weighted by Gasteiger charge is 2.41. The van der Waals surface area contributed by atoms with Gasteiger partial charge in [-0.2, -0.15) is 0 Å². The van der Waals surface area contributed by atoms with Gasteiger partial charge in [0.2, 0.25) is 5.91 Å². The largest absolute Gasteiger partial charge is 0.356 e. The minimum atomic E-state index is 0.0494. The summed E-state index contributed by atoms with van der Waals surface area (Å²) in [6.45, 7) is 4.15. The Kier molecular flexibility index (Phi) is 3.20. The maximum Gasteiger partial charge on any atom is 0.255 e. The summed E-state index contributed by atoms with van der Waals surface area (Å²) in [4.78, 5) is 29.8. The molecule has 0 bridgehead atoms. The van der Waals surface area contributed by atoms with Gasteiger partial charge in [0.25, 0.3) is 5.91 Å². The lowest BCUT2D eigenvalue weighted by Gasteiger charge is -2.38. The molecule has 20 heavy (non-hydrogen) atoms. The number of aryl methyl sites for hydroxylation is 1. The second-order valence-electron chi connectivity index (χ2n) is 6.00. The number of likely N-dealkylation sites (tertiary alicyclic amines) is 1. The number of pyridine rings is 1. The van der Waals surface area contributed by atoms with Crippen LogP contribution in [0.2, 0.25) is 0 Å². The van der Waals surface area contributed by atoms with Crippen LogP contribution in [-0.4, -0.2) is 41.3 Å². The van der Waals surface area contributed by atoms with Crippen LogP contribution in [0.5, 0.6) is 0 Å². The molecular weight excluding hydrogens is 254 g/mol. The van der Waals surface area contributed by atoms with Crippen LogP contribution in [0.25, 0.3) is 0 Å². The first-order valence-corrected chi connectivity index (χ1v) is 7.06. The Morgan fingerprint density at radius 1 is 1.35 bits per heavy atom. The van der Waals surface area contributed by atoms with Crippen molar-refractivity contribution in [1.82, 2.24) is 15.2 Å². The summed E-state index contributed by atoms with van der Waals surface area (Å²) >= 11 is 0. The van der Waals surface area contributed by atoms with Crippen LogP contribution in [0.3, 0.4) is 0 Å². The Hall–Kier alpha value is -1.91. The minimum absolute atomic E-state index is 0.0494. The monoisotopic (exact) mass is 273 g/mol. The third kappa shape index (κ3) is 2.40. The normalized spacial score (nSPS) is 21.1. The van der Waals surface area contributed by atoms with Gasteiger partial charge in [-0.05, 0) is 36.8 Å². The van der Waals surface area contributed by atoms with E-state index in [1.54, 1.807) is 12.4 Å². The summed E-state index contributed by atoms with van der Waals surface area (Å²) in [6, 6.07) is 1.88. The molecular formula is C15H19N3O2. The van der Waals surface area contributed by atoms with Crippen molar-refractivity contribution in [2.45, 2.75) is 26.2 Å². The summed E-state index contributed by atoms with van der Waals surface area (Å²) in [5.74, 6) is 0.195. The molecule has 2 aliphatic rings. The Morgan fingerprint density at radius 3 is 2.70 bits per heavy atom. The predicted octanol–water partition coefficient (Wildman–Crippen LogP) is 1.13. The highest BCUT2D eigenvalue weighted by molar-refractivity contribution is 5.94. The number of rotatable bonds is 1. The van der Waals surface area contributed by atoms with Crippen LogP contribution in [0, 0.1) is 12.3 Å². The highest BCUT2D eigenvalue weighted by Crippen LogP contribution is 2.37. The zero-order chi connectivity index (χ0) is 14.2. The third-order valence-electron chi connectivity index (χ3n) is 4.43. The SMILES string of the molecule is Cc1cncc(C(=O)N2CCC3(CC2)CNC(=O)C3)c1. The van der Waals surface area contributed by atoms with Crippen LogP contribution >= 0.6 is 0 Å². The smallest absolute Gasteiger partial charge is 0.255 e. The number of hydrogen-bond donors (Lipinski definition) is 1. The number of aromatic nitrogens is 1. The Balaban J connectivity index is 1.66. The number of carbonyl (C=O) groups excluding carboxylic acids is 2. The van der Waals surface area contributed by atoms with Crippen molar-refractivity contribution >= 4 is 11.8 Å². The molecule has 0 unspecified atom stereocenters. The molecule has 2 fully saturated rings. The predicted molar refractivity (Wildman–Crippen MR) is 74.2 cm³/mol. The maximum atomic E-state index is 12.4. The molecule has 106 valence electrons. The topological polar surface area (TPSA) is 62.3 Å². The number of piperidine rings is 1. The van der Waals surface area contributed by atoms with E-state index in [0.717, 1.165) is 38.0 Å². The zero-order valence-electron chi connectivity index (χ0n) is 11.7. The van der Waals surface area contributed by atoms with Gasteiger partial charge >= 0.3 is 0 Å². The molecule has 1 aromatic rings. The van der Waals surface area contributed by atoms with E-state index in [9.17, 15) is 9.59 Å². The van der Waals surface area contributed by atoms with E-state index in [0.29, 0.717) is 12.0 Å². The molecule has 2 saturated heterocycles. The molecule has 0 aliphatic carbocycles. The van der Waals surface area contributed by atoms with Gasteiger partial charge in [0.15, 0.2) is 0 Å². The molecule has 0 atom stereocenters. The van der Waals surface area contributed by atoms with Crippen molar-refractivity contribution in [2.24, 2.45) is 5.41 Å². The van der Waals surface area contributed by atoms with Gasteiger partial charge in [-0.15, -0.1) is 0 Å². The van der Waals surface area contributed by atoms with E-state index >= 15 is 0 Å². The van der Waals surface area contributed by atoms with Gasteiger partial charge in [-0.1, -0.05) is 0 Å². The zero-order valence-corrected chi connectivity index (χ0v) is 11.7. The molecule has 1 aromatic heterocycles. The summed E-state index contributed by atoms with van der Waals surface area (Å²) in [6.07, 6.45) is 5.78. The molecule has 0 radical (unpaired) electrons. The Morgan fingerprint density at radius 2 is 2.10 bits per heavy atom. The van der Waals surface area contributed by atoms with E-state index in [-0.39, 0.29) is 17.2 Å². The third-order valence-corrected chi connectivity index (χ3v) is 4.43. The van der Waals surface area contributed by atoms with E-state index in [1.165, 1.54) is 0 Å². The van der Waals surface area contributed by atoms with Crippen molar-refractivity contribution in [2.75, 3.05) is 19.6 Å². The lowest BCUT2D eigenvalue weighted by molar-refractivity contribution is -0.119. The standard InChI is InChI=1S/C15H19N3O2/c1-11-6-12(9-16-8-11)14(20)18-4-2-15(3-5-18)7-13(19)17-10-15/h6,8-9H,2-5,7,10H2,1H3,(H,17,19). The van der Waals surface area contributed by atoms with Crippen molar-refractivity contribution in [1.29, 1.82) is 0 Å². The number of hydrogen-bond acceptors (Lipinski definition) is 3. The first kappa shape index (κ1) is 13.1. The summed E-state index contributed by atoms with van der Waals surface area (Å²) < 4.78 is 0. The minimum Gasteiger partial charge on any atom is -0.356 e. The fourth-order valence-corrected chi connectivity index (χ4v) is 3.14. The highest BCUT2D eigenvalue weighted by atomic mass is 16.2. The lowest BCUT2D eigenvalue weighted by atomic mass is 9.77. The summed E-state index contributed by atoms with van der Waals surface area (Å²) in [5, 5.41) is 2.91. The second-order valence-corrected chi connectivity index (χ2v) is 6.00. The Labute approximate surface area is 118 Å². The molecule has 2 amide bonds. The van der Waals surface area contributed by atoms with Gasteiger partial charge in [0.1, 0.15) is 0 Å². The fourth-order valence-electron chi connectivity index (χ4n) is 3.14. The number of amides is 2. The van der Waals surface area contributed by atoms with Gasteiger partial charge in [0.05, 0.1) is 5.56 Å². The maximum absolute atomic E-state index is 12.4. The van der Waals surface area contributed by atoms with E-state index in [4.69, 9.17) is 0 Å². The molecule has 3 heterocycles. The average Bonchev–Trinajstić information content (AvgIpc) is 2.80. The second kappa shape index (κ2) is 4.89. The number of nitrogens with one attached hydrogen (secondary N) is 1. The van der Waals surface area contributed by atoms with Crippen molar-refractivity contribution in [3.05, 3.63) is 29.6 Å². The van der Waals surface area contributed by atoms with Crippen molar-refractivity contribution < 1.29 is 9.59 Å². The fraction of sp³-hybridized carbons (Fsp3) is 0.533. The van der Waals surface area contributed by atoms with Crippen molar-refractivity contribution in [3.8, 4) is 0 Å². The number of carbonyl (C=O) groups is 2. The van der Waals surface area contributed by atoms with Gasteiger partial charge in [-0.25, -0.2) is 0 Å². The lowest BCUT2D eigenvalue weighted by Crippen LogP contribution is -2.44. The summed E-state index contributed by atoms with van der Waals surface area (Å²) in [5.41, 5.74) is 1.73. The van der Waals surface area contributed by atoms with Gasteiger partial charge in [-0.3, -0.25) is 14.6 Å². The van der Waals surface area contributed by atoms with Crippen molar-refractivity contribution in [3.63, 3.8) is 0 Å². The molecule has 0 aromatic carbocycles. The van der Waals surface area contributed by atoms with Crippen LogP contribution in [-0.2, 0) is 4.79 Å². The van der Waals surface area contributed by atoms with Crippen LogP contribution < -0.4 is 5.32 Å². The molecule has 3 rings (SSSR count).